The SMILES string of the molecule is C.C.C1CCOC1.CC(=O)NC1CC(C)S(=O)(=O)c2sc(S(N)(=O)=O)cc21.CC1CC(=O)c2cc(S(N)(=O)=O)sc2S1.CC1CC(=O)c2cc(S(N)(=O)=O)sc2S1(=O)=O.CC1CC(O)c2cc(S(N)(=O)=O)sc2S1(=O)=O.CCNC1CC(C)S(=O)(=O)c2sc(S(N)(=O)=O)cc21.CCNC1CC(C)S(=O)(=O)c2sc(S(N)(=O)=O)cc21.CCNC1CC(C)S(=O)(=O)c2sc(S(N)(=O)=O)cc21.O=C(O)/C=C\C(=O)O.[B].[B].[H-].[Na+].[Na+].[OH-]. The molecule has 0 aromatic carbocycles. The molecular formula is C74H113B2N11Na2O36S21. The molecule has 0 spiro atoms. The van der Waals surface area contributed by atoms with Gasteiger partial charge in [0.1, 0.15) is 54.7 Å². The number of sulfone groups is 6. The van der Waals surface area contributed by atoms with E-state index in [0.717, 1.165) is 74.9 Å². The zero-order valence-electron chi connectivity index (χ0n) is 79.6. The second kappa shape index (κ2) is 55.6. The number of hydrogen-bond acceptors (Lipinski definition) is 45. The molecule has 1 amide bonds. The normalized spacial score (nSPS) is 23.1. The Kier molecular flexibility index (Phi) is 54.3. The van der Waals surface area contributed by atoms with E-state index >= 15 is 0 Å². The minimum atomic E-state index is -3.99. The molecule has 7 aromatic heterocycles. The molecule has 22 N–H and O–H groups in total. The smallest absolute Gasteiger partial charge is 1.00 e. The molecule has 0 aliphatic carbocycles. The van der Waals surface area contributed by atoms with Crippen LogP contribution in [0.25, 0.3) is 0 Å². The van der Waals surface area contributed by atoms with Crippen LogP contribution in [-0.2, 0) is 148 Å². The van der Waals surface area contributed by atoms with E-state index in [9.17, 15) is 139 Å². The molecule has 1 saturated heterocycles. The maximum absolute atomic E-state index is 12.2. The molecule has 146 heavy (non-hydrogen) atoms. The number of thioether (sulfide) groups is 1. The first-order valence-electron chi connectivity index (χ1n) is 40.5. The minimum Gasteiger partial charge on any atom is -1.00 e. The van der Waals surface area contributed by atoms with Gasteiger partial charge in [0.2, 0.25) is 76.1 Å². The number of nitrogens with two attached hydrogens (primary N) is 7. The van der Waals surface area contributed by atoms with E-state index in [1.54, 1.807) is 20.8 Å². The molecule has 814 valence electrons. The first-order chi connectivity index (χ1) is 63.3. The molecule has 12 unspecified atom stereocenters. The predicted molar refractivity (Wildman–Crippen MR) is 549 cm³/mol. The van der Waals surface area contributed by atoms with Crippen molar-refractivity contribution in [1.82, 2.24) is 21.3 Å². The van der Waals surface area contributed by atoms with Crippen molar-refractivity contribution >= 4 is 267 Å². The van der Waals surface area contributed by atoms with Gasteiger partial charge >= 0.3 is 71.1 Å². The number of primary sulfonamides is 7. The molecule has 12 atom stereocenters. The Morgan fingerprint density at radius 2 is 0.630 bits per heavy atom. The van der Waals surface area contributed by atoms with E-state index < -0.39 is 185 Å². The molecule has 8 aliphatic heterocycles. The van der Waals surface area contributed by atoms with Crippen LogP contribution in [0.5, 0.6) is 0 Å². The van der Waals surface area contributed by atoms with Gasteiger partial charge in [0.15, 0.2) is 70.6 Å². The number of thiophene rings is 7. The molecule has 15 rings (SSSR count). The Hall–Kier alpha value is -3.30. The Balaban J connectivity index is 0. The maximum Gasteiger partial charge on any atom is 1.00 e. The third-order valence-electron chi connectivity index (χ3n) is 21.0. The van der Waals surface area contributed by atoms with Crippen LogP contribution in [0.4, 0.5) is 0 Å². The molecule has 72 heteroatoms. The van der Waals surface area contributed by atoms with Crippen molar-refractivity contribution in [3.8, 4) is 0 Å². The van der Waals surface area contributed by atoms with Crippen molar-refractivity contribution in [2.75, 3.05) is 32.8 Å². The summed E-state index contributed by atoms with van der Waals surface area (Å²) in [6.45, 7) is 22.4. The van der Waals surface area contributed by atoms with Gasteiger partial charge in [-0.05, 0) is 149 Å². The number of ketones is 2. The summed E-state index contributed by atoms with van der Waals surface area (Å²) in [6.07, 6.45) is 4.61. The molecule has 15 heterocycles. The van der Waals surface area contributed by atoms with Gasteiger partial charge in [0.25, 0.3) is 0 Å². The summed E-state index contributed by atoms with van der Waals surface area (Å²) < 4.78 is 308. The number of carboxylic acids is 2. The number of amides is 1. The summed E-state index contributed by atoms with van der Waals surface area (Å²) in [4.78, 5) is 53.5. The van der Waals surface area contributed by atoms with Crippen molar-refractivity contribution in [3.05, 3.63) is 93.6 Å². The number of aliphatic hydroxyl groups excluding tert-OH is 1. The van der Waals surface area contributed by atoms with Crippen molar-refractivity contribution in [3.63, 3.8) is 0 Å². The first-order valence-corrected chi connectivity index (χ1v) is 67.2. The van der Waals surface area contributed by atoms with Crippen molar-refractivity contribution < 1.29 is 219 Å². The zero-order valence-corrected chi connectivity index (χ0v) is 99.8. The van der Waals surface area contributed by atoms with Crippen LogP contribution in [0.1, 0.15) is 229 Å². The number of carbonyl (C=O) groups is 5. The third kappa shape index (κ3) is 35.6. The zero-order chi connectivity index (χ0) is 106. The number of sulfonamides is 7. The van der Waals surface area contributed by atoms with Crippen molar-refractivity contribution in [1.29, 1.82) is 0 Å². The van der Waals surface area contributed by atoms with Crippen LogP contribution in [0.15, 0.2) is 114 Å². The number of carboxylic acid groups (broad SMARTS) is 2. The quantitative estimate of drug-likeness (QED) is 0.0388. The Morgan fingerprint density at radius 1 is 0.390 bits per heavy atom. The number of ether oxygens (including phenoxy) is 1. The van der Waals surface area contributed by atoms with Gasteiger partial charge in [0, 0.05) is 124 Å². The van der Waals surface area contributed by atoms with E-state index in [1.165, 1.54) is 82.6 Å². The van der Waals surface area contributed by atoms with E-state index in [2.05, 4.69) is 21.3 Å². The molecule has 6 radical (unpaired) electrons. The fraction of sp³-hybridized carbons (Fsp3) is 0.527. The topological polar surface area (TPSA) is 859 Å². The first kappa shape index (κ1) is 143. The van der Waals surface area contributed by atoms with Crippen LogP contribution in [0.3, 0.4) is 0 Å². The van der Waals surface area contributed by atoms with Crippen molar-refractivity contribution in [2.45, 2.75) is 275 Å². The number of Topliss-reactive ketones (excluding diaryl/α,β-unsaturated/α-hetero) is 2. The third-order valence-corrected chi connectivity index (χ3v) is 56.8. The van der Waals surface area contributed by atoms with E-state index in [0.29, 0.717) is 119 Å². The van der Waals surface area contributed by atoms with Gasteiger partial charge in [-0.25, -0.2) is 155 Å². The number of carbonyl (C=O) groups excluding carboxylic acids is 3. The molecule has 7 aromatic rings. The monoisotopic (exact) mass is 2470 g/mol. The minimum absolute atomic E-state index is 0. The number of aliphatic carboxylic acids is 2. The second-order valence-electron chi connectivity index (χ2n) is 31.8. The number of rotatable bonds is 16. The Morgan fingerprint density at radius 3 is 0.904 bits per heavy atom. The van der Waals surface area contributed by atoms with Crippen LogP contribution in [0, 0.1) is 0 Å². The fourth-order valence-corrected chi connectivity index (χ4v) is 43.9. The van der Waals surface area contributed by atoms with Gasteiger partial charge < -0.3 is 48.2 Å². The summed E-state index contributed by atoms with van der Waals surface area (Å²) in [5.41, 5.74) is 2.45. The molecule has 0 bridgehead atoms. The van der Waals surface area contributed by atoms with Crippen LogP contribution >= 0.6 is 91.1 Å². The summed E-state index contributed by atoms with van der Waals surface area (Å²) in [5, 5.41) is 69.1. The maximum atomic E-state index is 12.2. The number of nitrogens with one attached hydrogen (secondary N) is 4. The van der Waals surface area contributed by atoms with Crippen LogP contribution in [-0.4, -0.2) is 246 Å². The average molecular weight is 2470 g/mol. The van der Waals surface area contributed by atoms with Gasteiger partial charge in [0.05, 0.1) is 47.9 Å². The molecule has 8 aliphatic rings. The van der Waals surface area contributed by atoms with Gasteiger partial charge in [-0.15, -0.1) is 91.1 Å². The fourth-order valence-electron chi connectivity index (χ4n) is 14.0. The largest absolute Gasteiger partial charge is 1.00 e. The summed E-state index contributed by atoms with van der Waals surface area (Å²) in [5.74, 6) is -3.19. The van der Waals surface area contributed by atoms with Crippen molar-refractivity contribution in [2.24, 2.45) is 36.0 Å². The average Bonchev–Trinajstić information content (AvgIpc) is 1.54. The van der Waals surface area contributed by atoms with Crippen LogP contribution < -0.4 is 116 Å². The molecular weight excluding hydrogens is 2360 g/mol. The summed E-state index contributed by atoms with van der Waals surface area (Å²) in [6, 6.07) is 7.98. The Labute approximate surface area is 933 Å². The summed E-state index contributed by atoms with van der Waals surface area (Å²) >= 11 is 6.60. The van der Waals surface area contributed by atoms with Gasteiger partial charge in [-0.2, -0.15) is 0 Å². The predicted octanol–water partition coefficient (Wildman–Crippen LogP) is -1.46. The molecule has 47 nitrogen and oxygen atoms in total. The molecule has 1 fully saturated rings. The standard InChI is InChI=1S/C10H14N2O5S3.3C10H16N2O4S3.C8H11NO5S3.C8H9NO5S3.C8H9NO3S3.C4H4O4.C4H8O.2CH4.2B.2Na.H2O.H/c1-5-3-8(12-6(2)13)7-4-9(20(11,16)17)18-10(7)19(5,14)15;3*1-3-12-8-4-6(2)18(13,14)10-7(8)5-9(17-10)19(11,15)16;2*1-4-2-6(10)5-3-7(17(9,13)14)15-8(5)16(4,11)12;1-4-2-6(10)5-3-7(15(9,11)12)14-8(5)13-4;5-3(6)1-2-4(7)8;1-2-4-5-3-1;;;;;;;;/h4-5,8H,3H2,1-2H3,(H,12,13)(H2,11,16,17);3*5-6,8,12H,3-4H2,1-2H3,(H2,11,15,16);3-4,6,10H,2H2,1H3,(H2,9,13,14);3-4H,2H2,1H3,(H2,9,13,14);3-4H,2H2,1H3,(H2,9,11,12);1-2H,(H,5,6)(H,7,8);1-4H2;2*1H4;;;;;1H2;/q;;;;;;;;;;;;;2*+1;;-1/p-1/b;;;;;;;2-1-;;;;;;;;;. The van der Waals surface area contributed by atoms with Gasteiger partial charge in [-0.3, -0.25) is 14.4 Å². The summed E-state index contributed by atoms with van der Waals surface area (Å²) in [7, 11) is -48.3. The molecule has 0 saturated carbocycles. The second-order valence-corrected chi connectivity index (χ2v) is 68.8. The van der Waals surface area contributed by atoms with Gasteiger partial charge in [-0.1, -0.05) is 42.5 Å². The number of hydrogen-bond donors (Lipinski definition) is 14. The van der Waals surface area contributed by atoms with E-state index in [-0.39, 0.29) is 224 Å². The van der Waals surface area contributed by atoms with E-state index in [1.807, 2.05) is 27.7 Å². The Bertz CT molecular complexity index is 7230. The number of fused-ring (bicyclic) bond motifs is 7. The van der Waals surface area contributed by atoms with Crippen LogP contribution in [0.2, 0.25) is 0 Å². The van der Waals surface area contributed by atoms with E-state index in [4.69, 9.17) is 50.9 Å². The number of aliphatic hydroxyl groups is 1.